The van der Waals surface area contributed by atoms with Gasteiger partial charge in [0.05, 0.1) is 30.2 Å². The topological polar surface area (TPSA) is 154 Å². The van der Waals surface area contributed by atoms with Crippen LogP contribution in [0.2, 0.25) is 5.02 Å². The van der Waals surface area contributed by atoms with Gasteiger partial charge in [0.15, 0.2) is 5.82 Å². The summed E-state index contributed by atoms with van der Waals surface area (Å²) in [5.74, 6) is -0.833. The lowest BCUT2D eigenvalue weighted by Crippen LogP contribution is -2.29. The van der Waals surface area contributed by atoms with E-state index in [0.29, 0.717) is 21.7 Å². The number of aromatic nitrogens is 3. The molecule has 3 aromatic heterocycles. The maximum Gasteiger partial charge on any atom is 0.244 e. The summed E-state index contributed by atoms with van der Waals surface area (Å²) in [7, 11) is -4.15. The van der Waals surface area contributed by atoms with E-state index in [-0.39, 0.29) is 21.2 Å². The van der Waals surface area contributed by atoms with Crippen molar-refractivity contribution in [1.82, 2.24) is 19.9 Å². The van der Waals surface area contributed by atoms with Gasteiger partial charge in [0.2, 0.25) is 10.0 Å². The molecule has 6 N–H and O–H groups in total. The summed E-state index contributed by atoms with van der Waals surface area (Å²) in [6.45, 7) is 1.02. The lowest BCUT2D eigenvalue weighted by Gasteiger charge is -2.21. The molecule has 0 saturated heterocycles. The molecular formula is C26H23ClFN5O4S2. The lowest BCUT2D eigenvalue weighted by atomic mass is 9.96. The normalized spacial score (nSPS) is 14.4. The van der Waals surface area contributed by atoms with Crippen LogP contribution < -0.4 is 10.5 Å². The first-order chi connectivity index (χ1) is 18.5. The van der Waals surface area contributed by atoms with Gasteiger partial charge in [0.25, 0.3) is 0 Å². The molecule has 0 radical (unpaired) electrons. The third-order valence-electron chi connectivity index (χ3n) is 6.31. The van der Waals surface area contributed by atoms with Crippen molar-refractivity contribution in [2.45, 2.75) is 23.5 Å². The van der Waals surface area contributed by atoms with Crippen LogP contribution in [-0.4, -0.2) is 40.4 Å². The molecule has 202 valence electrons. The first-order valence-electron chi connectivity index (χ1n) is 11.6. The van der Waals surface area contributed by atoms with Gasteiger partial charge in [0.1, 0.15) is 10.5 Å². The van der Waals surface area contributed by atoms with E-state index in [4.69, 9.17) is 17.3 Å². The monoisotopic (exact) mass is 587 g/mol. The molecule has 0 fully saturated rings. The Morgan fingerprint density at radius 2 is 2.05 bits per heavy atom. The van der Waals surface area contributed by atoms with Crippen LogP contribution in [0, 0.1) is 5.82 Å². The van der Waals surface area contributed by atoms with Crippen LogP contribution in [0.4, 0.5) is 10.1 Å². The second kappa shape index (κ2) is 10.3. The average molecular weight is 588 g/mol. The highest BCUT2D eigenvalue weighted by Gasteiger charge is 2.30. The third kappa shape index (κ3) is 5.14. The van der Waals surface area contributed by atoms with Gasteiger partial charge >= 0.3 is 0 Å². The van der Waals surface area contributed by atoms with Gasteiger partial charge in [-0.25, -0.2) is 12.8 Å². The number of anilines is 1. The van der Waals surface area contributed by atoms with Crippen molar-refractivity contribution in [3.8, 4) is 11.3 Å². The fraction of sp³-hybridized carbons (Fsp3) is 0.154. The SMILES string of the molecule is CC(O)(CO)c1ccnc(-c2cccc3cc(C(NS(=O)(=O)c4cn[nH]c4)c4c(Cl)ccc(N)c4F)sc23)c1. The lowest BCUT2D eigenvalue weighted by molar-refractivity contribution is -0.00230. The summed E-state index contributed by atoms with van der Waals surface area (Å²) in [4.78, 5) is 4.77. The van der Waals surface area contributed by atoms with Gasteiger partial charge in [-0.3, -0.25) is 10.1 Å². The number of hydrogen-bond donors (Lipinski definition) is 5. The highest BCUT2D eigenvalue weighted by atomic mass is 35.5. The van der Waals surface area contributed by atoms with Gasteiger partial charge in [-0.1, -0.05) is 29.8 Å². The number of nitrogen functional groups attached to an aromatic ring is 1. The number of aliphatic hydroxyl groups excluding tert-OH is 1. The number of nitrogens with two attached hydrogens (primary N) is 1. The van der Waals surface area contributed by atoms with E-state index >= 15 is 4.39 Å². The van der Waals surface area contributed by atoms with Gasteiger partial charge in [-0.05, 0) is 48.2 Å². The zero-order valence-corrected chi connectivity index (χ0v) is 22.8. The molecule has 39 heavy (non-hydrogen) atoms. The van der Waals surface area contributed by atoms with Crippen molar-refractivity contribution in [3.63, 3.8) is 0 Å². The fourth-order valence-electron chi connectivity index (χ4n) is 4.15. The van der Waals surface area contributed by atoms with Crippen LogP contribution >= 0.6 is 22.9 Å². The number of nitrogens with one attached hydrogen (secondary N) is 2. The number of benzene rings is 2. The molecule has 0 saturated carbocycles. The van der Waals surface area contributed by atoms with Crippen LogP contribution in [0.25, 0.3) is 21.3 Å². The van der Waals surface area contributed by atoms with Gasteiger partial charge in [-0.15, -0.1) is 11.3 Å². The molecule has 3 heterocycles. The molecular weight excluding hydrogens is 565 g/mol. The molecule has 0 aliphatic rings. The number of nitrogens with zero attached hydrogens (tertiary/aromatic N) is 2. The second-order valence-corrected chi connectivity index (χ2v) is 12.3. The third-order valence-corrected chi connectivity index (χ3v) is 9.28. The number of thiophene rings is 1. The molecule has 0 aliphatic carbocycles. The summed E-state index contributed by atoms with van der Waals surface area (Å²) in [6, 6.07) is 12.0. The van der Waals surface area contributed by atoms with Crippen molar-refractivity contribution in [2.24, 2.45) is 0 Å². The minimum atomic E-state index is -4.15. The molecule has 0 amide bonds. The Hall–Kier alpha value is -3.39. The van der Waals surface area contributed by atoms with E-state index < -0.39 is 34.1 Å². The van der Waals surface area contributed by atoms with Crippen LogP contribution in [0.15, 0.2) is 72.0 Å². The summed E-state index contributed by atoms with van der Waals surface area (Å²) < 4.78 is 45.1. The largest absolute Gasteiger partial charge is 0.396 e. The number of pyridine rings is 1. The Balaban J connectivity index is 1.68. The van der Waals surface area contributed by atoms with E-state index in [1.165, 1.54) is 42.8 Å². The summed E-state index contributed by atoms with van der Waals surface area (Å²) in [6.07, 6.45) is 3.88. The molecule has 2 atom stereocenters. The second-order valence-electron chi connectivity index (χ2n) is 9.09. The number of hydrogen-bond acceptors (Lipinski definition) is 8. The fourth-order valence-corrected chi connectivity index (χ4v) is 6.81. The summed E-state index contributed by atoms with van der Waals surface area (Å²) in [5, 5.41) is 27.0. The Morgan fingerprint density at radius 1 is 1.26 bits per heavy atom. The van der Waals surface area contributed by atoms with Gasteiger partial charge in [-0.2, -0.15) is 9.82 Å². The summed E-state index contributed by atoms with van der Waals surface area (Å²) in [5.41, 5.74) is 5.78. The highest BCUT2D eigenvalue weighted by Crippen LogP contribution is 2.42. The first kappa shape index (κ1) is 27.2. The number of aromatic amines is 1. The van der Waals surface area contributed by atoms with Crippen LogP contribution in [0.1, 0.15) is 29.0 Å². The van der Waals surface area contributed by atoms with E-state index in [9.17, 15) is 18.6 Å². The van der Waals surface area contributed by atoms with E-state index in [1.54, 1.807) is 18.2 Å². The van der Waals surface area contributed by atoms with Crippen LogP contribution in [0.3, 0.4) is 0 Å². The Kier molecular flexibility index (Phi) is 7.18. The van der Waals surface area contributed by atoms with Crippen molar-refractivity contribution in [3.05, 3.63) is 94.0 Å². The van der Waals surface area contributed by atoms with Crippen molar-refractivity contribution >= 4 is 48.7 Å². The molecule has 2 aromatic carbocycles. The molecule has 13 heteroatoms. The molecule has 0 spiro atoms. The molecule has 5 rings (SSSR count). The standard InChI is InChI=1S/C26H23ClFN5O4S2/c1-26(35,13-34)15-7-8-30-20(10-15)17-4-2-3-14-9-21(38-25(14)17)24(22-18(27)5-6-19(29)23(22)28)33-39(36,37)16-11-31-32-12-16/h2-12,24,33-35H,13,29H2,1H3,(H,31,32). The quantitative estimate of drug-likeness (QED) is 0.169. The minimum absolute atomic E-state index is 0.000115. The Bertz CT molecular complexity index is 1770. The molecule has 0 aliphatic heterocycles. The summed E-state index contributed by atoms with van der Waals surface area (Å²) >= 11 is 7.63. The number of halogens is 2. The highest BCUT2D eigenvalue weighted by molar-refractivity contribution is 7.89. The van der Waals surface area contributed by atoms with E-state index in [0.717, 1.165) is 16.3 Å². The van der Waals surface area contributed by atoms with E-state index in [1.807, 2.05) is 18.2 Å². The van der Waals surface area contributed by atoms with Crippen molar-refractivity contribution in [1.29, 1.82) is 0 Å². The molecule has 9 nitrogen and oxygen atoms in total. The molecule has 2 unspecified atom stereocenters. The number of fused-ring (bicyclic) bond motifs is 1. The molecule has 5 aromatic rings. The Labute approximate surface area is 232 Å². The smallest absolute Gasteiger partial charge is 0.244 e. The predicted molar refractivity (Wildman–Crippen MR) is 148 cm³/mol. The first-order valence-corrected chi connectivity index (χ1v) is 14.3. The predicted octanol–water partition coefficient (Wildman–Crippen LogP) is 4.33. The Morgan fingerprint density at radius 3 is 2.77 bits per heavy atom. The van der Waals surface area contributed by atoms with Crippen molar-refractivity contribution < 1.29 is 23.0 Å². The van der Waals surface area contributed by atoms with Gasteiger partial charge < -0.3 is 15.9 Å². The van der Waals surface area contributed by atoms with E-state index in [2.05, 4.69) is 19.9 Å². The minimum Gasteiger partial charge on any atom is -0.396 e. The number of aliphatic hydroxyl groups is 2. The average Bonchev–Trinajstić information content (AvgIpc) is 3.61. The number of sulfonamides is 1. The maximum absolute atomic E-state index is 15.4. The van der Waals surface area contributed by atoms with Crippen LogP contribution in [-0.2, 0) is 15.6 Å². The van der Waals surface area contributed by atoms with Gasteiger partial charge in [0, 0.05) is 38.1 Å². The molecule has 0 bridgehead atoms. The number of H-pyrrole nitrogens is 1. The number of rotatable bonds is 8. The zero-order valence-electron chi connectivity index (χ0n) is 20.4. The van der Waals surface area contributed by atoms with Crippen LogP contribution in [0.5, 0.6) is 0 Å². The van der Waals surface area contributed by atoms with Crippen molar-refractivity contribution in [2.75, 3.05) is 12.3 Å². The maximum atomic E-state index is 15.4. The zero-order chi connectivity index (χ0) is 27.9.